The molecule has 29 heavy (non-hydrogen) atoms. The Morgan fingerprint density at radius 1 is 0.966 bits per heavy atom. The van der Waals surface area contributed by atoms with Gasteiger partial charge in [0.15, 0.2) is 0 Å². The molecule has 0 radical (unpaired) electrons. The molecule has 0 saturated heterocycles. The van der Waals surface area contributed by atoms with Crippen LogP contribution in [0.15, 0.2) is 48.5 Å². The van der Waals surface area contributed by atoms with Crippen LogP contribution >= 0.6 is 0 Å². The normalized spacial score (nSPS) is 11.0. The van der Waals surface area contributed by atoms with E-state index in [1.165, 1.54) is 12.1 Å². The van der Waals surface area contributed by atoms with Crippen molar-refractivity contribution in [2.24, 2.45) is 0 Å². The summed E-state index contributed by atoms with van der Waals surface area (Å²) in [6.45, 7) is 0.0599. The van der Waals surface area contributed by atoms with Crippen molar-refractivity contribution in [1.29, 1.82) is 5.26 Å². The molecule has 0 aliphatic heterocycles. The first-order chi connectivity index (χ1) is 13.8. The molecule has 0 unspecified atom stereocenters. The number of nitrogens with two attached hydrogens (primary N) is 2. The molecule has 10 heteroatoms. The molecule has 1 heterocycles. The van der Waals surface area contributed by atoms with Crippen LogP contribution in [0.2, 0.25) is 0 Å². The first-order valence-electron chi connectivity index (χ1n) is 8.17. The number of benzene rings is 2. The van der Waals surface area contributed by atoms with Crippen molar-refractivity contribution in [3.05, 3.63) is 59.7 Å². The summed E-state index contributed by atoms with van der Waals surface area (Å²) in [4.78, 5) is 7.91. The van der Waals surface area contributed by atoms with Crippen molar-refractivity contribution in [3.8, 4) is 28.8 Å². The molecular weight excluding hydrogens is 387 g/mol. The van der Waals surface area contributed by atoms with Gasteiger partial charge >= 0.3 is 6.36 Å². The summed E-state index contributed by atoms with van der Waals surface area (Å²) in [5.41, 5.74) is 13.0. The van der Waals surface area contributed by atoms with Crippen molar-refractivity contribution in [3.63, 3.8) is 0 Å². The zero-order valence-electron chi connectivity index (χ0n) is 14.8. The SMILES string of the molecule is N#Cc1c(N)nc(N)nc1-c1ccccc1COc1ccc(OC(F)(F)F)cc1. The standard InChI is InChI=1S/C19H14F3N5O2/c20-19(21,22)29-13-7-5-12(6-8-13)28-10-11-3-1-2-4-14(11)16-15(9-23)17(24)27-18(25)26-16/h1-8H,10H2,(H4,24,25,26,27). The van der Waals surface area contributed by atoms with Gasteiger partial charge in [-0.05, 0) is 29.8 Å². The van der Waals surface area contributed by atoms with Crippen molar-refractivity contribution in [1.82, 2.24) is 9.97 Å². The lowest BCUT2D eigenvalue weighted by Gasteiger charge is -2.13. The molecular formula is C19H14F3N5O2. The fraction of sp³-hybridized carbons (Fsp3) is 0.105. The van der Waals surface area contributed by atoms with Crippen LogP contribution in [-0.4, -0.2) is 16.3 Å². The van der Waals surface area contributed by atoms with Gasteiger partial charge in [0.2, 0.25) is 5.95 Å². The summed E-state index contributed by atoms with van der Waals surface area (Å²) in [6.07, 6.45) is -4.76. The van der Waals surface area contributed by atoms with Gasteiger partial charge in [0.1, 0.15) is 35.6 Å². The van der Waals surface area contributed by atoms with Gasteiger partial charge in [-0.2, -0.15) is 10.2 Å². The lowest BCUT2D eigenvalue weighted by molar-refractivity contribution is -0.274. The minimum Gasteiger partial charge on any atom is -0.489 e. The second kappa shape index (κ2) is 7.93. The average Bonchev–Trinajstić information content (AvgIpc) is 2.66. The van der Waals surface area contributed by atoms with Gasteiger partial charge in [-0.3, -0.25) is 0 Å². The van der Waals surface area contributed by atoms with Crippen LogP contribution in [0.4, 0.5) is 24.9 Å². The number of nitriles is 1. The number of aromatic nitrogens is 2. The van der Waals surface area contributed by atoms with E-state index >= 15 is 0 Å². The maximum atomic E-state index is 12.2. The van der Waals surface area contributed by atoms with Gasteiger partial charge in [0.25, 0.3) is 0 Å². The Balaban J connectivity index is 1.84. The average molecular weight is 401 g/mol. The van der Waals surface area contributed by atoms with Crippen LogP contribution in [0.5, 0.6) is 11.5 Å². The fourth-order valence-electron chi connectivity index (χ4n) is 2.58. The van der Waals surface area contributed by atoms with E-state index in [0.29, 0.717) is 16.9 Å². The van der Waals surface area contributed by atoms with E-state index in [-0.39, 0.29) is 35.4 Å². The molecule has 3 aromatic rings. The van der Waals surface area contributed by atoms with Crippen molar-refractivity contribution in [2.45, 2.75) is 13.0 Å². The number of hydrogen-bond donors (Lipinski definition) is 2. The summed E-state index contributed by atoms with van der Waals surface area (Å²) >= 11 is 0. The first kappa shape index (κ1) is 19.8. The molecule has 0 bridgehead atoms. The quantitative estimate of drug-likeness (QED) is 0.669. The lowest BCUT2D eigenvalue weighted by atomic mass is 10.0. The minimum absolute atomic E-state index is 0.0361. The number of nitrogens with zero attached hydrogens (tertiary/aromatic N) is 3. The molecule has 2 aromatic carbocycles. The molecule has 148 valence electrons. The number of rotatable bonds is 5. The number of alkyl halides is 3. The zero-order chi connectivity index (χ0) is 21.0. The Kier molecular flexibility index (Phi) is 5.40. The number of halogens is 3. The Morgan fingerprint density at radius 3 is 2.28 bits per heavy atom. The molecule has 0 saturated carbocycles. The third-order valence-electron chi connectivity index (χ3n) is 3.79. The number of hydrogen-bond acceptors (Lipinski definition) is 7. The van der Waals surface area contributed by atoms with E-state index in [9.17, 15) is 18.4 Å². The molecule has 4 N–H and O–H groups in total. The van der Waals surface area contributed by atoms with E-state index < -0.39 is 6.36 Å². The number of anilines is 2. The Morgan fingerprint density at radius 2 is 1.62 bits per heavy atom. The minimum atomic E-state index is -4.76. The summed E-state index contributed by atoms with van der Waals surface area (Å²) < 4.78 is 46.2. The monoisotopic (exact) mass is 401 g/mol. The zero-order valence-corrected chi connectivity index (χ0v) is 14.8. The summed E-state index contributed by atoms with van der Waals surface area (Å²) in [5.74, 6) is -0.133. The molecule has 1 aromatic heterocycles. The van der Waals surface area contributed by atoms with Crippen molar-refractivity contribution >= 4 is 11.8 Å². The van der Waals surface area contributed by atoms with Gasteiger partial charge in [-0.25, -0.2) is 4.98 Å². The summed E-state index contributed by atoms with van der Waals surface area (Å²) in [6, 6.07) is 14.0. The predicted octanol–water partition coefficient (Wildman–Crippen LogP) is 3.66. The van der Waals surface area contributed by atoms with Gasteiger partial charge in [-0.1, -0.05) is 24.3 Å². The highest BCUT2D eigenvalue weighted by molar-refractivity contribution is 5.75. The van der Waals surface area contributed by atoms with Crippen molar-refractivity contribution < 1.29 is 22.6 Å². The van der Waals surface area contributed by atoms with Crippen LogP contribution in [0, 0.1) is 11.3 Å². The van der Waals surface area contributed by atoms with Gasteiger partial charge in [-0.15, -0.1) is 13.2 Å². The number of nitrogen functional groups attached to an aromatic ring is 2. The fourth-order valence-corrected chi connectivity index (χ4v) is 2.58. The maximum absolute atomic E-state index is 12.2. The highest BCUT2D eigenvalue weighted by Gasteiger charge is 2.31. The second-order valence-electron chi connectivity index (χ2n) is 5.77. The Bertz CT molecular complexity index is 1060. The predicted molar refractivity (Wildman–Crippen MR) is 98.5 cm³/mol. The maximum Gasteiger partial charge on any atom is 0.573 e. The van der Waals surface area contributed by atoms with Crippen LogP contribution < -0.4 is 20.9 Å². The Hall–Kier alpha value is -4.00. The van der Waals surface area contributed by atoms with Crippen LogP contribution in [0.1, 0.15) is 11.1 Å². The van der Waals surface area contributed by atoms with Gasteiger partial charge < -0.3 is 20.9 Å². The highest BCUT2D eigenvalue weighted by atomic mass is 19.4. The van der Waals surface area contributed by atoms with E-state index in [1.54, 1.807) is 24.3 Å². The van der Waals surface area contributed by atoms with Crippen molar-refractivity contribution in [2.75, 3.05) is 11.5 Å². The summed E-state index contributed by atoms with van der Waals surface area (Å²) in [5, 5.41) is 9.38. The van der Waals surface area contributed by atoms with E-state index in [2.05, 4.69) is 14.7 Å². The molecule has 0 amide bonds. The molecule has 0 fully saturated rings. The van der Waals surface area contributed by atoms with E-state index in [1.807, 2.05) is 6.07 Å². The summed E-state index contributed by atoms with van der Waals surface area (Å²) in [7, 11) is 0. The molecule has 0 aliphatic carbocycles. The Labute approximate surface area is 163 Å². The molecule has 3 rings (SSSR count). The largest absolute Gasteiger partial charge is 0.573 e. The second-order valence-corrected chi connectivity index (χ2v) is 5.77. The first-order valence-corrected chi connectivity index (χ1v) is 8.17. The van der Waals surface area contributed by atoms with Gasteiger partial charge in [0, 0.05) is 5.56 Å². The highest BCUT2D eigenvalue weighted by Crippen LogP contribution is 2.30. The van der Waals surface area contributed by atoms with E-state index in [0.717, 1.165) is 12.1 Å². The third-order valence-corrected chi connectivity index (χ3v) is 3.79. The van der Waals surface area contributed by atoms with Gasteiger partial charge in [0.05, 0.1) is 5.69 Å². The van der Waals surface area contributed by atoms with E-state index in [4.69, 9.17) is 16.2 Å². The number of ether oxygens (including phenoxy) is 2. The molecule has 7 nitrogen and oxygen atoms in total. The molecule has 0 atom stereocenters. The molecule has 0 spiro atoms. The smallest absolute Gasteiger partial charge is 0.489 e. The third kappa shape index (κ3) is 4.84. The lowest BCUT2D eigenvalue weighted by Crippen LogP contribution is -2.16. The topological polar surface area (TPSA) is 120 Å². The molecule has 0 aliphatic rings. The van der Waals surface area contributed by atoms with Crippen LogP contribution in [0.3, 0.4) is 0 Å². The van der Waals surface area contributed by atoms with Crippen LogP contribution in [0.25, 0.3) is 11.3 Å². The van der Waals surface area contributed by atoms with Crippen LogP contribution in [-0.2, 0) is 6.61 Å².